The van der Waals surface area contributed by atoms with E-state index < -0.39 is 5.97 Å². The molecular formula is C22H21NO3. The maximum absolute atomic E-state index is 12.2. The minimum atomic E-state index is -0.490. The van der Waals surface area contributed by atoms with Crippen LogP contribution in [0, 0.1) is 6.92 Å². The molecule has 0 bridgehead atoms. The average Bonchev–Trinajstić information content (AvgIpc) is 2.66. The molecule has 0 radical (unpaired) electrons. The zero-order valence-electron chi connectivity index (χ0n) is 14.9. The third-order valence-electron chi connectivity index (χ3n) is 4.37. The summed E-state index contributed by atoms with van der Waals surface area (Å²) in [6, 6.07) is 21.0. The molecule has 4 nitrogen and oxygen atoms in total. The number of benzene rings is 3. The van der Waals surface area contributed by atoms with Crippen molar-refractivity contribution in [2.75, 3.05) is 6.61 Å². The van der Waals surface area contributed by atoms with Gasteiger partial charge in [0.2, 0.25) is 0 Å². The van der Waals surface area contributed by atoms with E-state index in [9.17, 15) is 9.59 Å². The topological polar surface area (TPSA) is 55.4 Å². The summed E-state index contributed by atoms with van der Waals surface area (Å²) in [4.78, 5) is 24.3. The van der Waals surface area contributed by atoms with Crippen molar-refractivity contribution in [1.82, 2.24) is 5.32 Å². The Morgan fingerprint density at radius 2 is 1.65 bits per heavy atom. The summed E-state index contributed by atoms with van der Waals surface area (Å²) < 4.78 is 5.14. The van der Waals surface area contributed by atoms with Crippen LogP contribution in [0.3, 0.4) is 0 Å². The standard InChI is InChI=1S/C22H21NO3/c1-15-8-3-5-11-18(15)22(25)26-14-21(24)23-16(2)19-13-7-10-17-9-4-6-12-20(17)19/h3-13,16H,14H2,1-2H3,(H,23,24)/t16-/m0/s1. The molecule has 0 unspecified atom stereocenters. The molecule has 0 heterocycles. The Hall–Kier alpha value is -3.14. The molecule has 0 aliphatic rings. The SMILES string of the molecule is Cc1ccccc1C(=O)OCC(=O)N[C@@H](C)c1cccc2ccccc12. The van der Waals surface area contributed by atoms with Crippen molar-refractivity contribution in [3.05, 3.63) is 83.4 Å². The second-order valence-electron chi connectivity index (χ2n) is 6.25. The third kappa shape index (κ3) is 3.91. The lowest BCUT2D eigenvalue weighted by atomic mass is 10.00. The van der Waals surface area contributed by atoms with Crippen LogP contribution in [0.4, 0.5) is 0 Å². The molecule has 4 heteroatoms. The van der Waals surface area contributed by atoms with Gasteiger partial charge >= 0.3 is 5.97 Å². The number of carbonyl (C=O) groups is 2. The Morgan fingerprint density at radius 3 is 2.46 bits per heavy atom. The Morgan fingerprint density at radius 1 is 0.962 bits per heavy atom. The van der Waals surface area contributed by atoms with Gasteiger partial charge in [0.15, 0.2) is 6.61 Å². The number of aryl methyl sites for hydroxylation is 1. The lowest BCUT2D eigenvalue weighted by molar-refractivity contribution is -0.124. The van der Waals surface area contributed by atoms with E-state index in [4.69, 9.17) is 4.74 Å². The smallest absolute Gasteiger partial charge is 0.338 e. The minimum Gasteiger partial charge on any atom is -0.452 e. The molecular weight excluding hydrogens is 326 g/mol. The van der Waals surface area contributed by atoms with Gasteiger partial charge in [-0.1, -0.05) is 60.7 Å². The predicted molar refractivity (Wildman–Crippen MR) is 102 cm³/mol. The highest BCUT2D eigenvalue weighted by Gasteiger charge is 2.15. The number of fused-ring (bicyclic) bond motifs is 1. The van der Waals surface area contributed by atoms with Crippen molar-refractivity contribution >= 4 is 22.6 Å². The summed E-state index contributed by atoms with van der Waals surface area (Å²) in [5.41, 5.74) is 2.33. The third-order valence-corrected chi connectivity index (χ3v) is 4.37. The first-order valence-electron chi connectivity index (χ1n) is 8.56. The summed E-state index contributed by atoms with van der Waals surface area (Å²) in [5.74, 6) is -0.816. The van der Waals surface area contributed by atoms with Crippen LogP contribution in [0.5, 0.6) is 0 Å². The van der Waals surface area contributed by atoms with E-state index in [1.165, 1.54) is 0 Å². The molecule has 1 N–H and O–H groups in total. The van der Waals surface area contributed by atoms with Gasteiger partial charge in [-0.25, -0.2) is 4.79 Å². The molecule has 0 aromatic heterocycles. The number of nitrogens with one attached hydrogen (secondary N) is 1. The van der Waals surface area contributed by atoms with Gasteiger partial charge in [0.25, 0.3) is 5.91 Å². The number of ether oxygens (including phenoxy) is 1. The molecule has 0 fully saturated rings. The van der Waals surface area contributed by atoms with Crippen molar-refractivity contribution in [3.8, 4) is 0 Å². The fourth-order valence-corrected chi connectivity index (χ4v) is 3.00. The van der Waals surface area contributed by atoms with Crippen LogP contribution in [0.25, 0.3) is 10.8 Å². The molecule has 26 heavy (non-hydrogen) atoms. The highest BCUT2D eigenvalue weighted by atomic mass is 16.5. The van der Waals surface area contributed by atoms with E-state index in [-0.39, 0.29) is 18.6 Å². The molecule has 3 aromatic rings. The van der Waals surface area contributed by atoms with Crippen molar-refractivity contribution in [1.29, 1.82) is 0 Å². The van der Waals surface area contributed by atoms with Gasteiger partial charge in [-0.15, -0.1) is 0 Å². The van der Waals surface area contributed by atoms with Gasteiger partial charge in [0, 0.05) is 0 Å². The van der Waals surface area contributed by atoms with E-state index in [1.54, 1.807) is 12.1 Å². The fraction of sp³-hybridized carbons (Fsp3) is 0.182. The Labute approximate surface area is 152 Å². The summed E-state index contributed by atoms with van der Waals surface area (Å²) in [6.07, 6.45) is 0. The monoisotopic (exact) mass is 347 g/mol. The van der Waals surface area contributed by atoms with Crippen molar-refractivity contribution in [3.63, 3.8) is 0 Å². The van der Waals surface area contributed by atoms with Crippen molar-refractivity contribution < 1.29 is 14.3 Å². The maximum Gasteiger partial charge on any atom is 0.338 e. The van der Waals surface area contributed by atoms with Gasteiger partial charge in [-0.05, 0) is 41.8 Å². The summed E-state index contributed by atoms with van der Waals surface area (Å²) >= 11 is 0. The Kier molecular flexibility index (Phi) is 5.32. The van der Waals surface area contributed by atoms with Crippen LogP contribution in [0.1, 0.15) is 34.5 Å². The summed E-state index contributed by atoms with van der Waals surface area (Å²) in [6.45, 7) is 3.45. The van der Waals surface area contributed by atoms with Gasteiger partial charge in [-0.3, -0.25) is 4.79 Å². The predicted octanol–water partition coefficient (Wildman–Crippen LogP) is 4.18. The highest BCUT2D eigenvalue weighted by molar-refractivity contribution is 5.93. The van der Waals surface area contributed by atoms with Crippen LogP contribution < -0.4 is 5.32 Å². The van der Waals surface area contributed by atoms with Crippen LogP contribution in [0.2, 0.25) is 0 Å². The van der Waals surface area contributed by atoms with E-state index in [0.717, 1.165) is 21.9 Å². The Bertz CT molecular complexity index is 944. The first-order valence-corrected chi connectivity index (χ1v) is 8.56. The second-order valence-corrected chi connectivity index (χ2v) is 6.25. The molecule has 0 aliphatic heterocycles. The first-order chi connectivity index (χ1) is 12.6. The Balaban J connectivity index is 1.63. The van der Waals surface area contributed by atoms with Gasteiger partial charge < -0.3 is 10.1 Å². The van der Waals surface area contributed by atoms with Crippen LogP contribution >= 0.6 is 0 Å². The van der Waals surface area contributed by atoms with Crippen LogP contribution in [-0.4, -0.2) is 18.5 Å². The zero-order chi connectivity index (χ0) is 18.5. The molecule has 1 amide bonds. The second kappa shape index (κ2) is 7.83. The molecule has 1 atom stereocenters. The van der Waals surface area contributed by atoms with Crippen molar-refractivity contribution in [2.24, 2.45) is 0 Å². The molecule has 0 aliphatic carbocycles. The molecule has 0 spiro atoms. The minimum absolute atomic E-state index is 0.189. The van der Waals surface area contributed by atoms with Gasteiger partial charge in [0.1, 0.15) is 0 Å². The average molecular weight is 347 g/mol. The zero-order valence-corrected chi connectivity index (χ0v) is 14.9. The number of hydrogen-bond acceptors (Lipinski definition) is 3. The normalized spacial score (nSPS) is 11.8. The van der Waals surface area contributed by atoms with E-state index in [0.29, 0.717) is 5.56 Å². The first kappa shape index (κ1) is 17.7. The molecule has 3 rings (SSSR count). The number of amides is 1. The van der Waals surface area contributed by atoms with Gasteiger partial charge in [0.05, 0.1) is 11.6 Å². The van der Waals surface area contributed by atoms with Crippen LogP contribution in [-0.2, 0) is 9.53 Å². The number of carbonyl (C=O) groups excluding carboxylic acids is 2. The van der Waals surface area contributed by atoms with Gasteiger partial charge in [-0.2, -0.15) is 0 Å². The number of hydrogen-bond donors (Lipinski definition) is 1. The van der Waals surface area contributed by atoms with E-state index in [2.05, 4.69) is 5.32 Å². The number of esters is 1. The molecule has 0 saturated carbocycles. The molecule has 0 saturated heterocycles. The number of rotatable bonds is 5. The quantitative estimate of drug-likeness (QED) is 0.704. The molecule has 132 valence electrons. The summed E-state index contributed by atoms with van der Waals surface area (Å²) in [5, 5.41) is 5.11. The summed E-state index contributed by atoms with van der Waals surface area (Å²) in [7, 11) is 0. The lowest BCUT2D eigenvalue weighted by Gasteiger charge is -2.17. The van der Waals surface area contributed by atoms with E-state index >= 15 is 0 Å². The maximum atomic E-state index is 12.2. The van der Waals surface area contributed by atoms with E-state index in [1.807, 2.05) is 68.4 Å². The fourth-order valence-electron chi connectivity index (χ4n) is 3.00. The van der Waals surface area contributed by atoms with Crippen molar-refractivity contribution in [2.45, 2.75) is 19.9 Å². The lowest BCUT2D eigenvalue weighted by Crippen LogP contribution is -2.31. The highest BCUT2D eigenvalue weighted by Crippen LogP contribution is 2.23. The largest absolute Gasteiger partial charge is 0.452 e. The molecule has 3 aromatic carbocycles. The van der Waals surface area contributed by atoms with Crippen LogP contribution in [0.15, 0.2) is 66.7 Å².